The van der Waals surface area contributed by atoms with Crippen LogP contribution < -0.4 is 22.3 Å². The molecule has 0 aromatic carbocycles. The largest absolute Gasteiger partial charge is 0.494 e. The molecule has 33 heavy (non-hydrogen) atoms. The van der Waals surface area contributed by atoms with Gasteiger partial charge in [0.2, 0.25) is 5.88 Å². The van der Waals surface area contributed by atoms with E-state index in [1.807, 2.05) is 13.8 Å². The van der Waals surface area contributed by atoms with Crippen molar-refractivity contribution in [2.75, 3.05) is 6.54 Å². The van der Waals surface area contributed by atoms with Crippen LogP contribution in [0.25, 0.3) is 0 Å². The molecule has 1 aromatic heterocycles. The lowest BCUT2D eigenvalue weighted by molar-refractivity contribution is -0.125. The van der Waals surface area contributed by atoms with Crippen molar-refractivity contribution in [2.45, 2.75) is 84.3 Å². The molecule has 11 nitrogen and oxygen atoms in total. The average Bonchev–Trinajstić information content (AvgIpc) is 2.91. The van der Waals surface area contributed by atoms with Crippen LogP contribution in [0, 0.1) is 10.8 Å². The van der Waals surface area contributed by atoms with Crippen LogP contribution in [0.2, 0.25) is 0 Å². The Bertz CT molecular complexity index is 1090. The SMILES string of the molecule is CCCCn1c(O)c(C(=N)N)c(=O)n(C2CCC(C)(CN3C(=O)NC(=O)C3(C)C)CC2)c1=O. The summed E-state index contributed by atoms with van der Waals surface area (Å²) in [5.74, 6) is -1.47. The molecule has 3 amide bonds. The van der Waals surface area contributed by atoms with Crippen LogP contribution in [0.15, 0.2) is 9.59 Å². The maximum Gasteiger partial charge on any atom is 0.334 e. The quantitative estimate of drug-likeness (QED) is 0.271. The lowest BCUT2D eigenvalue weighted by atomic mass is 9.73. The van der Waals surface area contributed by atoms with Crippen molar-refractivity contribution in [1.82, 2.24) is 19.4 Å². The van der Waals surface area contributed by atoms with Crippen molar-refractivity contribution in [1.29, 1.82) is 5.41 Å². The number of nitrogen functional groups attached to an aromatic ring is 1. The van der Waals surface area contributed by atoms with Crippen LogP contribution in [0.5, 0.6) is 5.88 Å². The van der Waals surface area contributed by atoms with Gasteiger partial charge >= 0.3 is 11.7 Å². The van der Waals surface area contributed by atoms with E-state index in [1.54, 1.807) is 18.7 Å². The van der Waals surface area contributed by atoms with E-state index in [1.165, 1.54) is 0 Å². The fourth-order valence-corrected chi connectivity index (χ4v) is 4.79. The summed E-state index contributed by atoms with van der Waals surface area (Å²) in [6, 6.07) is -0.820. The van der Waals surface area contributed by atoms with Crippen LogP contribution in [0.1, 0.15) is 77.8 Å². The summed E-state index contributed by atoms with van der Waals surface area (Å²) in [5, 5.41) is 20.6. The van der Waals surface area contributed by atoms with Crippen LogP contribution in [0.4, 0.5) is 4.79 Å². The zero-order valence-electron chi connectivity index (χ0n) is 19.7. The topological polar surface area (TPSA) is 164 Å². The third-order valence-corrected chi connectivity index (χ3v) is 7.12. The Morgan fingerprint density at radius 2 is 1.79 bits per heavy atom. The summed E-state index contributed by atoms with van der Waals surface area (Å²) in [5.41, 5.74) is 2.63. The molecule has 0 bridgehead atoms. The van der Waals surface area contributed by atoms with Gasteiger partial charge in [0, 0.05) is 19.1 Å². The first kappa shape index (κ1) is 24.5. The highest BCUT2D eigenvalue weighted by atomic mass is 16.3. The molecule has 1 saturated carbocycles. The maximum atomic E-state index is 13.2. The highest BCUT2D eigenvalue weighted by molar-refractivity contribution is 6.06. The fraction of sp³-hybridized carbons (Fsp3) is 0.682. The number of rotatable bonds is 7. The first-order valence-corrected chi connectivity index (χ1v) is 11.4. The number of hydrogen-bond acceptors (Lipinski definition) is 6. The molecule has 11 heteroatoms. The monoisotopic (exact) mass is 462 g/mol. The molecule has 3 rings (SSSR count). The number of nitrogens with one attached hydrogen (secondary N) is 2. The minimum Gasteiger partial charge on any atom is -0.494 e. The standard InChI is InChI=1S/C22H34N6O5/c1-5-6-11-26-16(29)14(15(23)24)17(30)28(20(26)33)13-7-9-22(4,10-8-13)12-27-19(32)25-18(31)21(27,2)3/h13,29H,5-12H2,1-4H3,(H3,23,24)(H,25,31,32). The summed E-state index contributed by atoms with van der Waals surface area (Å²) in [4.78, 5) is 52.1. The third kappa shape index (κ3) is 4.28. The van der Waals surface area contributed by atoms with E-state index in [0.717, 1.165) is 15.6 Å². The van der Waals surface area contributed by atoms with Crippen LogP contribution >= 0.6 is 0 Å². The smallest absolute Gasteiger partial charge is 0.334 e. The lowest BCUT2D eigenvalue weighted by Crippen LogP contribution is -2.50. The highest BCUT2D eigenvalue weighted by Gasteiger charge is 2.48. The molecule has 2 aliphatic rings. The molecular weight excluding hydrogens is 428 g/mol. The number of amidine groups is 1. The molecule has 1 aliphatic carbocycles. The van der Waals surface area contributed by atoms with Gasteiger partial charge in [0.1, 0.15) is 16.9 Å². The minimum atomic E-state index is -0.936. The predicted molar refractivity (Wildman–Crippen MR) is 122 cm³/mol. The molecule has 2 heterocycles. The Labute approximate surface area is 192 Å². The van der Waals surface area contributed by atoms with E-state index in [4.69, 9.17) is 11.1 Å². The van der Waals surface area contributed by atoms with Crippen molar-refractivity contribution in [3.8, 4) is 5.88 Å². The second-order valence-corrected chi connectivity index (χ2v) is 10.0. The number of amides is 3. The van der Waals surface area contributed by atoms with E-state index in [-0.39, 0.29) is 23.4 Å². The van der Waals surface area contributed by atoms with Crippen molar-refractivity contribution >= 4 is 17.8 Å². The molecule has 2 fully saturated rings. The van der Waals surface area contributed by atoms with Gasteiger partial charge in [-0.15, -0.1) is 0 Å². The molecule has 182 valence electrons. The van der Waals surface area contributed by atoms with E-state index in [0.29, 0.717) is 38.6 Å². The molecule has 0 unspecified atom stereocenters. The predicted octanol–water partition coefficient (Wildman–Crippen LogP) is 1.25. The van der Waals surface area contributed by atoms with E-state index in [9.17, 15) is 24.3 Å². The normalized spacial score (nSPS) is 24.7. The number of imide groups is 1. The molecule has 0 spiro atoms. The van der Waals surface area contributed by atoms with Crippen LogP contribution in [0.3, 0.4) is 0 Å². The fourth-order valence-electron chi connectivity index (χ4n) is 4.79. The second kappa shape index (κ2) is 8.68. The molecule has 1 aromatic rings. The van der Waals surface area contributed by atoms with Crippen LogP contribution in [-0.4, -0.2) is 49.0 Å². The Hall–Kier alpha value is -3.11. The molecule has 1 saturated heterocycles. The number of carbonyl (C=O) groups excluding carboxylic acids is 2. The van der Waals surface area contributed by atoms with E-state index in [2.05, 4.69) is 5.32 Å². The van der Waals surface area contributed by atoms with Crippen molar-refractivity contribution in [2.24, 2.45) is 11.1 Å². The van der Waals surface area contributed by atoms with Crippen molar-refractivity contribution < 1.29 is 14.7 Å². The Balaban J connectivity index is 1.89. The van der Waals surface area contributed by atoms with Crippen LogP contribution in [-0.2, 0) is 11.3 Å². The van der Waals surface area contributed by atoms with Crippen molar-refractivity contribution in [3.05, 3.63) is 26.4 Å². The number of urea groups is 1. The maximum absolute atomic E-state index is 13.2. The zero-order chi connectivity index (χ0) is 24.7. The lowest BCUT2D eigenvalue weighted by Gasteiger charge is -2.42. The van der Waals surface area contributed by atoms with Gasteiger partial charge in [-0.05, 0) is 51.4 Å². The Kier molecular flexibility index (Phi) is 6.45. The summed E-state index contributed by atoms with van der Waals surface area (Å²) in [6.07, 6.45) is 3.67. The van der Waals surface area contributed by atoms with Gasteiger partial charge in [0.25, 0.3) is 11.5 Å². The van der Waals surface area contributed by atoms with Crippen molar-refractivity contribution in [3.63, 3.8) is 0 Å². The van der Waals surface area contributed by atoms with E-state index < -0.39 is 40.6 Å². The third-order valence-electron chi connectivity index (χ3n) is 7.12. The summed E-state index contributed by atoms with van der Waals surface area (Å²) < 4.78 is 2.25. The number of aromatic hydroxyl groups is 1. The first-order chi connectivity index (χ1) is 15.3. The van der Waals surface area contributed by atoms with E-state index >= 15 is 0 Å². The molecule has 0 atom stereocenters. The second-order valence-electron chi connectivity index (χ2n) is 10.0. The summed E-state index contributed by atoms with van der Waals surface area (Å²) in [7, 11) is 0. The number of nitrogens with zero attached hydrogens (tertiary/aromatic N) is 3. The minimum absolute atomic E-state index is 0.222. The highest BCUT2D eigenvalue weighted by Crippen LogP contribution is 2.42. The Morgan fingerprint density at radius 3 is 2.27 bits per heavy atom. The van der Waals surface area contributed by atoms with Gasteiger partial charge in [-0.3, -0.25) is 29.4 Å². The molecule has 1 aliphatic heterocycles. The molecular formula is C22H34N6O5. The average molecular weight is 463 g/mol. The molecule has 0 radical (unpaired) electrons. The van der Waals surface area contributed by atoms with Gasteiger partial charge in [-0.2, -0.15) is 0 Å². The number of hydrogen-bond donors (Lipinski definition) is 4. The first-order valence-electron chi connectivity index (χ1n) is 11.4. The van der Waals surface area contributed by atoms with Gasteiger partial charge in [0.15, 0.2) is 0 Å². The summed E-state index contributed by atoms with van der Waals surface area (Å²) in [6.45, 7) is 8.01. The van der Waals surface area contributed by atoms with Gasteiger partial charge in [-0.1, -0.05) is 20.3 Å². The molecule has 5 N–H and O–H groups in total. The summed E-state index contributed by atoms with van der Waals surface area (Å²) >= 11 is 0. The number of aromatic nitrogens is 2. The van der Waals surface area contributed by atoms with Gasteiger partial charge in [0.05, 0.1) is 0 Å². The van der Waals surface area contributed by atoms with Gasteiger partial charge in [-0.25, -0.2) is 9.59 Å². The number of nitrogens with two attached hydrogens (primary N) is 1. The number of unbranched alkanes of at least 4 members (excludes halogenated alkanes) is 1. The Morgan fingerprint density at radius 1 is 1.18 bits per heavy atom. The number of carbonyl (C=O) groups is 2. The zero-order valence-corrected chi connectivity index (χ0v) is 19.7. The van der Waals surface area contributed by atoms with Gasteiger partial charge < -0.3 is 15.7 Å².